The number of carbonyl (C=O) groups is 2. The van der Waals surface area contributed by atoms with Gasteiger partial charge < -0.3 is 4.74 Å². The summed E-state index contributed by atoms with van der Waals surface area (Å²) in [6, 6.07) is 4.83. The summed E-state index contributed by atoms with van der Waals surface area (Å²) < 4.78 is 4.94. The maximum atomic E-state index is 11.5. The summed E-state index contributed by atoms with van der Waals surface area (Å²) in [4.78, 5) is 22.4. The van der Waals surface area contributed by atoms with Crippen LogP contribution in [0.3, 0.4) is 0 Å². The Morgan fingerprint density at radius 3 is 2.75 bits per heavy atom. The first-order chi connectivity index (χ1) is 7.69. The molecule has 1 rings (SSSR count). The van der Waals surface area contributed by atoms with Gasteiger partial charge in [-0.3, -0.25) is 9.59 Å². The number of benzene rings is 1. The third-order valence-corrected chi connectivity index (χ3v) is 2.59. The molecule has 0 saturated heterocycles. The maximum absolute atomic E-state index is 11.5. The Morgan fingerprint density at radius 2 is 2.31 bits per heavy atom. The van der Waals surface area contributed by atoms with E-state index in [-0.39, 0.29) is 33.6 Å². The summed E-state index contributed by atoms with van der Waals surface area (Å²) in [6.07, 6.45) is 0.516. The topological polar surface area (TPSA) is 67.2 Å². The van der Waals surface area contributed by atoms with Crippen LogP contribution >= 0.6 is 15.9 Å². The van der Waals surface area contributed by atoms with E-state index in [9.17, 15) is 9.59 Å². The number of halogens is 1. The predicted octanol–water partition coefficient (Wildman–Crippen LogP) is 1.96. The average Bonchev–Trinajstić information content (AvgIpc) is 2.35. The zero-order chi connectivity index (χ0) is 12.1. The Hall–Kier alpha value is -1.67. The van der Waals surface area contributed by atoms with Crippen LogP contribution in [0.5, 0.6) is 5.75 Å². The second-order valence-corrected chi connectivity index (χ2v) is 3.45. The number of Topliss-reactive ketones (excluding diaryl/α,β-unsaturated/α-hetero) is 1. The standard InChI is InChI=1S/C11H8BrNO3/c1-16-11-3-2-7(10(15)4-12)8(5-13)9(11)6-14/h2-3,6H,4H2,1H3. The van der Waals surface area contributed by atoms with E-state index >= 15 is 0 Å². The summed E-state index contributed by atoms with van der Waals surface area (Å²) >= 11 is 3.02. The second kappa shape index (κ2) is 5.42. The van der Waals surface area contributed by atoms with Crippen molar-refractivity contribution in [3.05, 3.63) is 28.8 Å². The number of rotatable bonds is 4. The lowest BCUT2D eigenvalue weighted by Crippen LogP contribution is -2.06. The van der Waals surface area contributed by atoms with Crippen LogP contribution in [0.25, 0.3) is 0 Å². The predicted molar refractivity (Wildman–Crippen MR) is 61.2 cm³/mol. The summed E-state index contributed by atoms with van der Waals surface area (Å²) in [7, 11) is 1.40. The van der Waals surface area contributed by atoms with Crippen molar-refractivity contribution in [2.75, 3.05) is 12.4 Å². The first-order valence-electron chi connectivity index (χ1n) is 4.35. The van der Waals surface area contributed by atoms with E-state index in [4.69, 9.17) is 10.00 Å². The van der Waals surface area contributed by atoms with Crippen molar-refractivity contribution >= 4 is 28.0 Å². The lowest BCUT2D eigenvalue weighted by molar-refractivity contribution is 0.102. The third kappa shape index (κ3) is 2.12. The first kappa shape index (κ1) is 12.4. The number of carbonyl (C=O) groups excluding carboxylic acids is 2. The number of methoxy groups -OCH3 is 1. The lowest BCUT2D eigenvalue weighted by Gasteiger charge is -2.08. The second-order valence-electron chi connectivity index (χ2n) is 2.89. The van der Waals surface area contributed by atoms with E-state index in [0.717, 1.165) is 0 Å². The number of hydrogen-bond donors (Lipinski definition) is 0. The van der Waals surface area contributed by atoms with Gasteiger partial charge in [-0.1, -0.05) is 15.9 Å². The van der Waals surface area contributed by atoms with Crippen LogP contribution in [-0.4, -0.2) is 24.5 Å². The highest BCUT2D eigenvalue weighted by molar-refractivity contribution is 9.09. The molecule has 1 aromatic rings. The van der Waals surface area contributed by atoms with E-state index in [1.807, 2.05) is 6.07 Å². The highest BCUT2D eigenvalue weighted by atomic mass is 79.9. The zero-order valence-corrected chi connectivity index (χ0v) is 10.1. The number of aldehydes is 1. The molecular formula is C11H8BrNO3. The van der Waals surface area contributed by atoms with Gasteiger partial charge in [0.15, 0.2) is 12.1 Å². The molecule has 0 aromatic heterocycles. The van der Waals surface area contributed by atoms with Crippen LogP contribution in [0.15, 0.2) is 12.1 Å². The van der Waals surface area contributed by atoms with Gasteiger partial charge in [0, 0.05) is 5.56 Å². The molecule has 0 bridgehead atoms. The van der Waals surface area contributed by atoms with Gasteiger partial charge in [0.05, 0.1) is 23.6 Å². The van der Waals surface area contributed by atoms with Crippen LogP contribution in [0.2, 0.25) is 0 Å². The van der Waals surface area contributed by atoms with Gasteiger partial charge in [0.2, 0.25) is 0 Å². The Morgan fingerprint density at radius 1 is 1.62 bits per heavy atom. The summed E-state index contributed by atoms with van der Waals surface area (Å²) in [6.45, 7) is 0. The Bertz CT molecular complexity index is 477. The van der Waals surface area contributed by atoms with Crippen molar-refractivity contribution in [3.8, 4) is 11.8 Å². The largest absolute Gasteiger partial charge is 0.496 e. The highest BCUT2D eigenvalue weighted by Gasteiger charge is 2.17. The molecule has 16 heavy (non-hydrogen) atoms. The molecule has 0 unspecified atom stereocenters. The summed E-state index contributed by atoms with van der Waals surface area (Å²) in [5.41, 5.74) is 0.387. The van der Waals surface area contributed by atoms with E-state index in [0.29, 0.717) is 6.29 Å². The molecule has 0 amide bonds. The third-order valence-electron chi connectivity index (χ3n) is 2.08. The molecule has 0 fully saturated rings. The average molecular weight is 282 g/mol. The first-order valence-corrected chi connectivity index (χ1v) is 5.47. The quantitative estimate of drug-likeness (QED) is 0.481. The summed E-state index contributed by atoms with van der Waals surface area (Å²) in [5, 5.41) is 9.07. The minimum absolute atomic E-state index is 0.0544. The lowest BCUT2D eigenvalue weighted by atomic mass is 9.99. The SMILES string of the molecule is COc1ccc(C(=O)CBr)c(C#N)c1C=O. The van der Waals surface area contributed by atoms with E-state index < -0.39 is 0 Å². The molecule has 1 aromatic carbocycles. The van der Waals surface area contributed by atoms with Gasteiger partial charge in [0.25, 0.3) is 0 Å². The highest BCUT2D eigenvalue weighted by Crippen LogP contribution is 2.24. The molecule has 0 aliphatic rings. The molecular weight excluding hydrogens is 274 g/mol. The fourth-order valence-electron chi connectivity index (χ4n) is 1.32. The van der Waals surface area contributed by atoms with Crippen LogP contribution in [0.1, 0.15) is 26.3 Å². The molecule has 0 heterocycles. The molecule has 4 nitrogen and oxygen atoms in total. The molecule has 0 N–H and O–H groups in total. The molecule has 0 saturated carbocycles. The van der Waals surface area contributed by atoms with Crippen LogP contribution in [0, 0.1) is 11.3 Å². The van der Waals surface area contributed by atoms with Gasteiger partial charge >= 0.3 is 0 Å². The van der Waals surface area contributed by atoms with Gasteiger partial charge in [-0.05, 0) is 12.1 Å². The van der Waals surface area contributed by atoms with Crippen molar-refractivity contribution in [1.82, 2.24) is 0 Å². The van der Waals surface area contributed by atoms with Crippen molar-refractivity contribution in [2.24, 2.45) is 0 Å². The molecule has 5 heteroatoms. The molecule has 0 aliphatic carbocycles. The van der Waals surface area contributed by atoms with Crippen LogP contribution in [-0.2, 0) is 0 Å². The molecule has 0 radical (unpaired) electrons. The number of nitriles is 1. The van der Waals surface area contributed by atoms with Gasteiger partial charge in [-0.15, -0.1) is 0 Å². The fourth-order valence-corrected chi connectivity index (χ4v) is 1.62. The van der Waals surface area contributed by atoms with E-state index in [2.05, 4.69) is 15.9 Å². The zero-order valence-electron chi connectivity index (χ0n) is 8.49. The summed E-state index contributed by atoms with van der Waals surface area (Å²) in [5.74, 6) is 0.0416. The number of nitrogens with zero attached hydrogens (tertiary/aromatic N) is 1. The number of ether oxygens (including phenoxy) is 1. The molecule has 0 spiro atoms. The number of ketones is 1. The van der Waals surface area contributed by atoms with Crippen molar-refractivity contribution < 1.29 is 14.3 Å². The Balaban J connectivity index is 3.51. The van der Waals surface area contributed by atoms with Crippen molar-refractivity contribution in [3.63, 3.8) is 0 Å². The minimum Gasteiger partial charge on any atom is -0.496 e. The molecule has 0 aliphatic heterocycles. The molecule has 82 valence electrons. The number of hydrogen-bond acceptors (Lipinski definition) is 4. The smallest absolute Gasteiger partial charge is 0.174 e. The Labute approximate surface area is 101 Å². The number of alkyl halides is 1. The normalized spacial score (nSPS) is 9.31. The van der Waals surface area contributed by atoms with E-state index in [1.54, 1.807) is 0 Å². The fraction of sp³-hybridized carbons (Fsp3) is 0.182. The minimum atomic E-state index is -0.248. The van der Waals surface area contributed by atoms with Crippen LogP contribution < -0.4 is 4.74 Å². The Kier molecular flexibility index (Phi) is 4.20. The van der Waals surface area contributed by atoms with Gasteiger partial charge in [-0.25, -0.2) is 0 Å². The van der Waals surface area contributed by atoms with Crippen molar-refractivity contribution in [2.45, 2.75) is 0 Å². The molecule has 0 atom stereocenters. The van der Waals surface area contributed by atoms with Gasteiger partial charge in [0.1, 0.15) is 11.8 Å². The van der Waals surface area contributed by atoms with E-state index in [1.165, 1.54) is 19.2 Å². The maximum Gasteiger partial charge on any atom is 0.174 e. The monoisotopic (exact) mass is 281 g/mol. The van der Waals surface area contributed by atoms with Crippen LogP contribution in [0.4, 0.5) is 0 Å². The van der Waals surface area contributed by atoms with Gasteiger partial charge in [-0.2, -0.15) is 5.26 Å². The van der Waals surface area contributed by atoms with Crippen molar-refractivity contribution in [1.29, 1.82) is 5.26 Å².